The van der Waals surface area contributed by atoms with Crippen LogP contribution >= 0.6 is 15.9 Å². The van der Waals surface area contributed by atoms with Crippen LogP contribution in [0.25, 0.3) is 11.4 Å². The Morgan fingerprint density at radius 2 is 1.02 bits per heavy atom. The molecule has 0 unspecified atom stereocenters. The maximum Gasteiger partial charge on any atom is 0.263 e. The minimum absolute atomic E-state index is 0.0451. The summed E-state index contributed by atoms with van der Waals surface area (Å²) in [5.41, 5.74) is 1.48. The Morgan fingerprint density at radius 3 is 1.38 bits per heavy atom. The first-order valence-electron chi connectivity index (χ1n) is 13.1. The predicted molar refractivity (Wildman–Crippen MR) is 165 cm³/mol. The van der Waals surface area contributed by atoms with E-state index in [0.717, 1.165) is 4.47 Å². The molecule has 2 aromatic heterocycles. The summed E-state index contributed by atoms with van der Waals surface area (Å²) in [6.45, 7) is 3.42. The van der Waals surface area contributed by atoms with Crippen molar-refractivity contribution in [2.24, 2.45) is 0 Å². The van der Waals surface area contributed by atoms with Crippen molar-refractivity contribution in [2.75, 3.05) is 14.2 Å². The number of benzene rings is 3. The topological polar surface area (TPSA) is 103 Å². The third-order valence-electron chi connectivity index (χ3n) is 7.26. The fraction of sp³-hybridized carbons (Fsp3) is 0.152. The number of aryl methyl sites for hydroxylation is 2. The molecule has 0 saturated heterocycles. The first-order chi connectivity index (χ1) is 20.1. The second-order valence-electron chi connectivity index (χ2n) is 9.83. The number of pyridine rings is 2. The first-order valence-corrected chi connectivity index (χ1v) is 13.9. The summed E-state index contributed by atoms with van der Waals surface area (Å²) in [7, 11) is 3.11. The summed E-state index contributed by atoms with van der Waals surface area (Å²) >= 11 is 3.44. The summed E-state index contributed by atoms with van der Waals surface area (Å²) in [5, 5.41) is 22.6. The zero-order chi connectivity index (χ0) is 30.1. The highest BCUT2D eigenvalue weighted by molar-refractivity contribution is 9.10. The molecule has 0 spiro atoms. The lowest BCUT2D eigenvalue weighted by molar-refractivity contribution is 0.414. The lowest BCUT2D eigenvalue weighted by atomic mass is 9.84. The van der Waals surface area contributed by atoms with Crippen LogP contribution in [0.3, 0.4) is 0 Å². The highest BCUT2D eigenvalue weighted by Gasteiger charge is 2.31. The number of halogens is 1. The van der Waals surface area contributed by atoms with Crippen LogP contribution in [0.4, 0.5) is 0 Å². The molecule has 0 radical (unpaired) electrons. The van der Waals surface area contributed by atoms with Crippen LogP contribution in [-0.2, 0) is 0 Å². The molecule has 0 aliphatic heterocycles. The van der Waals surface area contributed by atoms with Gasteiger partial charge in [0.15, 0.2) is 0 Å². The quantitative estimate of drug-likeness (QED) is 0.230. The van der Waals surface area contributed by atoms with Crippen molar-refractivity contribution < 1.29 is 19.7 Å². The van der Waals surface area contributed by atoms with Crippen LogP contribution in [0.15, 0.2) is 99.0 Å². The number of nitrogens with zero attached hydrogens (tertiary/aromatic N) is 2. The van der Waals surface area contributed by atoms with Crippen molar-refractivity contribution in [3.05, 3.63) is 138 Å². The molecule has 9 heteroatoms. The van der Waals surface area contributed by atoms with E-state index in [1.165, 1.54) is 21.3 Å². The molecule has 42 heavy (non-hydrogen) atoms. The number of ether oxygens (including phenoxy) is 2. The third-order valence-corrected chi connectivity index (χ3v) is 7.79. The van der Waals surface area contributed by atoms with Crippen LogP contribution in [0.5, 0.6) is 23.0 Å². The molecule has 0 saturated carbocycles. The molecule has 3 aromatic carbocycles. The summed E-state index contributed by atoms with van der Waals surface area (Å²) in [4.78, 5) is 28.6. The van der Waals surface area contributed by atoms with Crippen molar-refractivity contribution in [3.63, 3.8) is 0 Å². The van der Waals surface area contributed by atoms with Gasteiger partial charge in [0.25, 0.3) is 11.1 Å². The highest BCUT2D eigenvalue weighted by atomic mass is 79.9. The lowest BCUT2D eigenvalue weighted by Crippen LogP contribution is -2.31. The van der Waals surface area contributed by atoms with Gasteiger partial charge in [-0.25, -0.2) is 0 Å². The van der Waals surface area contributed by atoms with Gasteiger partial charge >= 0.3 is 0 Å². The molecule has 0 aliphatic carbocycles. The van der Waals surface area contributed by atoms with Crippen LogP contribution in [-0.4, -0.2) is 33.6 Å². The SMILES string of the molecule is COc1ccc(-n2c(C)cc(O)c(C(c3ccc(Br)cc3)c3c(O)cc(C)n(-c4ccc(OC)cc4)c3=O)c2=O)cc1. The van der Waals surface area contributed by atoms with Crippen molar-refractivity contribution in [3.8, 4) is 34.4 Å². The second-order valence-corrected chi connectivity index (χ2v) is 10.7. The zero-order valence-corrected chi connectivity index (χ0v) is 25.0. The van der Waals surface area contributed by atoms with E-state index in [1.807, 2.05) is 0 Å². The molecule has 0 bridgehead atoms. The minimum Gasteiger partial charge on any atom is -0.507 e. The van der Waals surface area contributed by atoms with Crippen molar-refractivity contribution >= 4 is 15.9 Å². The molecule has 0 amide bonds. The van der Waals surface area contributed by atoms with Crippen molar-refractivity contribution in [2.45, 2.75) is 19.8 Å². The van der Waals surface area contributed by atoms with Crippen LogP contribution in [0.2, 0.25) is 0 Å². The predicted octanol–water partition coefficient (Wildman–Crippen LogP) is 5.98. The van der Waals surface area contributed by atoms with Gasteiger partial charge in [0, 0.05) is 39.4 Å². The van der Waals surface area contributed by atoms with E-state index in [4.69, 9.17) is 9.47 Å². The van der Waals surface area contributed by atoms with E-state index in [2.05, 4.69) is 15.9 Å². The van der Waals surface area contributed by atoms with Crippen LogP contribution in [0.1, 0.15) is 34.0 Å². The fourth-order valence-corrected chi connectivity index (χ4v) is 5.51. The van der Waals surface area contributed by atoms with Gasteiger partial charge in [-0.3, -0.25) is 18.7 Å². The Bertz CT molecular complexity index is 1760. The first kappa shape index (κ1) is 28.8. The summed E-state index contributed by atoms with van der Waals surface area (Å²) in [6, 6.07) is 23.9. The van der Waals surface area contributed by atoms with Crippen LogP contribution in [0, 0.1) is 13.8 Å². The van der Waals surface area contributed by atoms with E-state index in [-0.39, 0.29) is 22.6 Å². The standard InChI is InChI=1S/C33H29BrN2O6/c1-19-17-27(37)30(32(39)35(19)23-9-13-25(41-3)14-10-23)29(21-5-7-22(34)8-6-21)31-28(38)18-20(2)36(33(31)40)24-11-15-26(42-4)16-12-24/h5-18,29,37-38H,1-4H3. The lowest BCUT2D eigenvalue weighted by Gasteiger charge is -2.23. The van der Waals surface area contributed by atoms with Gasteiger partial charge in [0.05, 0.1) is 31.3 Å². The van der Waals surface area contributed by atoms with Crippen molar-refractivity contribution in [1.29, 1.82) is 0 Å². The normalized spacial score (nSPS) is 11.1. The molecule has 8 nitrogen and oxygen atoms in total. The van der Waals surface area contributed by atoms with Gasteiger partial charge in [-0.05, 0) is 80.1 Å². The molecule has 0 fully saturated rings. The van der Waals surface area contributed by atoms with E-state index in [9.17, 15) is 19.8 Å². The van der Waals surface area contributed by atoms with Gasteiger partial charge in [0.2, 0.25) is 0 Å². The molecule has 0 atom stereocenters. The maximum atomic E-state index is 14.3. The summed E-state index contributed by atoms with van der Waals surface area (Å²) < 4.78 is 14.3. The number of methoxy groups -OCH3 is 2. The molecule has 2 heterocycles. The molecular weight excluding hydrogens is 600 g/mol. The van der Waals surface area contributed by atoms with E-state index >= 15 is 0 Å². The average Bonchev–Trinajstić information content (AvgIpc) is 2.97. The number of aromatic hydroxyl groups is 2. The monoisotopic (exact) mass is 628 g/mol. The largest absolute Gasteiger partial charge is 0.507 e. The number of rotatable bonds is 7. The van der Waals surface area contributed by atoms with Gasteiger partial charge in [0.1, 0.15) is 23.0 Å². The Labute approximate surface area is 250 Å². The highest BCUT2D eigenvalue weighted by Crippen LogP contribution is 2.38. The van der Waals surface area contributed by atoms with E-state index < -0.39 is 17.0 Å². The number of hydrogen-bond acceptors (Lipinski definition) is 6. The Morgan fingerprint density at radius 1 is 0.643 bits per heavy atom. The Kier molecular flexibility index (Phi) is 7.95. The van der Waals surface area contributed by atoms with Crippen LogP contribution < -0.4 is 20.6 Å². The maximum absolute atomic E-state index is 14.3. The van der Waals surface area contributed by atoms with E-state index in [0.29, 0.717) is 39.8 Å². The van der Waals surface area contributed by atoms with Crippen molar-refractivity contribution in [1.82, 2.24) is 9.13 Å². The third kappa shape index (κ3) is 5.19. The fourth-order valence-electron chi connectivity index (χ4n) is 5.24. The van der Waals surface area contributed by atoms with Gasteiger partial charge in [-0.2, -0.15) is 0 Å². The minimum atomic E-state index is -1.10. The second kappa shape index (κ2) is 11.6. The number of hydrogen-bond donors (Lipinski definition) is 2. The van der Waals surface area contributed by atoms with Gasteiger partial charge in [-0.1, -0.05) is 28.1 Å². The Balaban J connectivity index is 1.83. The Hall–Kier alpha value is -4.76. The number of aromatic nitrogens is 2. The summed E-state index contributed by atoms with van der Waals surface area (Å²) in [5.74, 6) is -0.427. The molecule has 0 aliphatic rings. The smallest absolute Gasteiger partial charge is 0.263 e. The van der Waals surface area contributed by atoms with Gasteiger partial charge < -0.3 is 19.7 Å². The molecular formula is C33H29BrN2O6. The zero-order valence-electron chi connectivity index (χ0n) is 23.5. The van der Waals surface area contributed by atoms with E-state index in [1.54, 1.807) is 101 Å². The molecule has 5 aromatic rings. The average molecular weight is 630 g/mol. The molecule has 5 rings (SSSR count). The molecule has 2 N–H and O–H groups in total. The summed E-state index contributed by atoms with van der Waals surface area (Å²) in [6.07, 6.45) is 0. The molecule has 214 valence electrons. The van der Waals surface area contributed by atoms with Gasteiger partial charge in [-0.15, -0.1) is 0 Å².